The zero-order chi connectivity index (χ0) is 21.0. The molecule has 0 amide bonds. The van der Waals surface area contributed by atoms with Gasteiger partial charge in [0, 0.05) is 19.4 Å². The van der Waals surface area contributed by atoms with E-state index in [2.05, 4.69) is 6.92 Å². The lowest BCUT2D eigenvalue weighted by molar-refractivity contribution is -0.222. The fraction of sp³-hybridized carbons (Fsp3) is 0.333. The van der Waals surface area contributed by atoms with Gasteiger partial charge in [0.2, 0.25) is 0 Å². The molecule has 0 radical (unpaired) electrons. The number of ether oxygens (including phenoxy) is 3. The minimum absolute atomic E-state index is 0.147. The van der Waals surface area contributed by atoms with Crippen molar-refractivity contribution in [1.82, 2.24) is 0 Å². The molecule has 1 fully saturated rings. The predicted octanol–water partition coefficient (Wildman–Crippen LogP) is 5.06. The van der Waals surface area contributed by atoms with Gasteiger partial charge in [-0.1, -0.05) is 49.2 Å². The summed E-state index contributed by atoms with van der Waals surface area (Å²) in [5.74, 6) is -2.07. The highest BCUT2D eigenvalue weighted by Gasteiger charge is 2.39. The maximum absolute atomic E-state index is 12.4. The van der Waals surface area contributed by atoms with E-state index in [1.54, 1.807) is 0 Å². The molecule has 0 aromatic heterocycles. The van der Waals surface area contributed by atoms with Crippen LogP contribution in [0.1, 0.15) is 44.7 Å². The van der Waals surface area contributed by atoms with Crippen molar-refractivity contribution >= 4 is 18.0 Å². The Balaban J connectivity index is 2.01. The van der Waals surface area contributed by atoms with Crippen LogP contribution in [-0.4, -0.2) is 24.3 Å². The Labute approximate surface area is 171 Å². The fourth-order valence-electron chi connectivity index (χ4n) is 2.98. The van der Waals surface area contributed by atoms with E-state index >= 15 is 0 Å². The molecule has 0 atom stereocenters. The molecular weight excluding hydrogens is 368 g/mol. The monoisotopic (exact) mass is 394 g/mol. The number of aryl methyl sites for hydroxylation is 1. The molecule has 0 aliphatic carbocycles. The largest absolute Gasteiger partial charge is 0.493 e. The Morgan fingerprint density at radius 1 is 0.966 bits per heavy atom. The van der Waals surface area contributed by atoms with Crippen molar-refractivity contribution in [1.29, 1.82) is 0 Å². The minimum atomic E-state index is -1.27. The Kier molecular flexibility index (Phi) is 6.06. The third kappa shape index (κ3) is 5.05. The Morgan fingerprint density at radius 2 is 1.59 bits per heavy atom. The second kappa shape index (κ2) is 8.52. The van der Waals surface area contributed by atoms with Gasteiger partial charge in [-0.25, -0.2) is 9.59 Å². The molecule has 3 rings (SSSR count). The second-order valence-electron chi connectivity index (χ2n) is 7.56. The average molecular weight is 394 g/mol. The van der Waals surface area contributed by atoms with Gasteiger partial charge in [0.05, 0.1) is 6.61 Å². The van der Waals surface area contributed by atoms with Crippen LogP contribution in [0.3, 0.4) is 0 Å². The fourth-order valence-corrected chi connectivity index (χ4v) is 2.98. The molecule has 0 spiro atoms. The van der Waals surface area contributed by atoms with E-state index in [0.29, 0.717) is 17.9 Å². The van der Waals surface area contributed by atoms with Gasteiger partial charge < -0.3 is 14.2 Å². The molecule has 0 saturated carbocycles. The van der Waals surface area contributed by atoms with Crippen LogP contribution in [0.4, 0.5) is 0 Å². The van der Waals surface area contributed by atoms with Crippen molar-refractivity contribution in [2.24, 2.45) is 0 Å². The van der Waals surface area contributed by atoms with Crippen molar-refractivity contribution in [3.63, 3.8) is 0 Å². The molecule has 5 nitrogen and oxygen atoms in total. The Morgan fingerprint density at radius 3 is 2.21 bits per heavy atom. The molecular formula is C24H26O5. The lowest BCUT2D eigenvalue weighted by Crippen LogP contribution is -2.41. The topological polar surface area (TPSA) is 61.8 Å². The van der Waals surface area contributed by atoms with Crippen molar-refractivity contribution in [2.45, 2.75) is 46.3 Å². The van der Waals surface area contributed by atoms with Crippen LogP contribution in [0.5, 0.6) is 5.75 Å². The summed E-state index contributed by atoms with van der Waals surface area (Å²) in [6.45, 7) is 7.72. The van der Waals surface area contributed by atoms with Crippen LogP contribution in [-0.2, 0) is 19.1 Å². The second-order valence-corrected chi connectivity index (χ2v) is 7.56. The SMILES string of the molecule is CCCCOc1ccc(-c2ccc(C)cc2)cc1C=C1C(=O)OC(C)(C)OC1=O. The number of benzene rings is 2. The van der Waals surface area contributed by atoms with Gasteiger partial charge in [-0.05, 0) is 42.7 Å². The lowest BCUT2D eigenvalue weighted by Gasteiger charge is -2.29. The predicted molar refractivity (Wildman–Crippen MR) is 111 cm³/mol. The van der Waals surface area contributed by atoms with E-state index < -0.39 is 17.7 Å². The van der Waals surface area contributed by atoms with E-state index in [-0.39, 0.29) is 5.57 Å². The van der Waals surface area contributed by atoms with Gasteiger partial charge in [-0.3, -0.25) is 0 Å². The summed E-state index contributed by atoms with van der Waals surface area (Å²) >= 11 is 0. The number of cyclic esters (lactones) is 2. The first-order valence-electron chi connectivity index (χ1n) is 9.81. The normalized spacial score (nSPS) is 15.5. The maximum atomic E-state index is 12.4. The van der Waals surface area contributed by atoms with Crippen LogP contribution < -0.4 is 4.74 Å². The molecule has 0 N–H and O–H groups in total. The summed E-state index contributed by atoms with van der Waals surface area (Å²) in [6.07, 6.45) is 3.40. The summed E-state index contributed by atoms with van der Waals surface area (Å²) in [5.41, 5.74) is 3.64. The zero-order valence-corrected chi connectivity index (χ0v) is 17.3. The first-order valence-corrected chi connectivity index (χ1v) is 9.81. The molecule has 2 aromatic carbocycles. The van der Waals surface area contributed by atoms with Crippen molar-refractivity contribution in [3.05, 3.63) is 59.2 Å². The first kappa shape index (κ1) is 20.6. The molecule has 5 heteroatoms. The third-order valence-corrected chi connectivity index (χ3v) is 4.57. The number of unbranched alkanes of at least 4 members (excludes halogenated alkanes) is 1. The molecule has 29 heavy (non-hydrogen) atoms. The molecule has 0 unspecified atom stereocenters. The van der Waals surface area contributed by atoms with E-state index in [0.717, 1.165) is 24.0 Å². The number of carbonyl (C=O) groups excluding carboxylic acids is 2. The third-order valence-electron chi connectivity index (χ3n) is 4.57. The first-order chi connectivity index (χ1) is 13.8. The highest BCUT2D eigenvalue weighted by Crippen LogP contribution is 2.31. The quantitative estimate of drug-likeness (QED) is 0.297. The van der Waals surface area contributed by atoms with Crippen molar-refractivity contribution in [3.8, 4) is 16.9 Å². The summed E-state index contributed by atoms with van der Waals surface area (Å²) in [7, 11) is 0. The summed E-state index contributed by atoms with van der Waals surface area (Å²) in [6, 6.07) is 13.9. The summed E-state index contributed by atoms with van der Waals surface area (Å²) in [5, 5.41) is 0. The van der Waals surface area contributed by atoms with Crippen LogP contribution >= 0.6 is 0 Å². The van der Waals surface area contributed by atoms with E-state index in [4.69, 9.17) is 14.2 Å². The number of carbonyl (C=O) groups is 2. The van der Waals surface area contributed by atoms with Crippen molar-refractivity contribution in [2.75, 3.05) is 6.61 Å². The van der Waals surface area contributed by atoms with E-state index in [1.165, 1.54) is 25.5 Å². The molecule has 1 aliphatic heterocycles. The van der Waals surface area contributed by atoms with Gasteiger partial charge in [0.15, 0.2) is 0 Å². The number of hydrogen-bond donors (Lipinski definition) is 0. The standard InChI is InChI=1S/C24H26O5/c1-5-6-13-27-21-12-11-18(17-9-7-16(2)8-10-17)14-19(21)15-20-22(25)28-24(3,4)29-23(20)26/h7-12,14-15H,5-6,13H2,1-4H3. The van der Waals surface area contributed by atoms with Crippen LogP contribution in [0, 0.1) is 6.92 Å². The van der Waals surface area contributed by atoms with Crippen LogP contribution in [0.15, 0.2) is 48.0 Å². The number of rotatable bonds is 6. The van der Waals surface area contributed by atoms with Gasteiger partial charge in [-0.15, -0.1) is 0 Å². The summed E-state index contributed by atoms with van der Waals surface area (Å²) in [4.78, 5) is 24.7. The highest BCUT2D eigenvalue weighted by molar-refractivity contribution is 6.19. The molecule has 1 heterocycles. The molecule has 152 valence electrons. The molecule has 1 aliphatic rings. The Hall–Kier alpha value is -3.08. The maximum Gasteiger partial charge on any atom is 0.348 e. The minimum Gasteiger partial charge on any atom is -0.493 e. The zero-order valence-electron chi connectivity index (χ0n) is 17.3. The molecule has 0 bridgehead atoms. The Bertz CT molecular complexity index is 916. The van der Waals surface area contributed by atoms with Crippen molar-refractivity contribution < 1.29 is 23.8 Å². The van der Waals surface area contributed by atoms with E-state index in [1.807, 2.05) is 49.4 Å². The van der Waals surface area contributed by atoms with Crippen LogP contribution in [0.25, 0.3) is 17.2 Å². The summed E-state index contributed by atoms with van der Waals surface area (Å²) < 4.78 is 16.3. The molecule has 2 aromatic rings. The van der Waals surface area contributed by atoms with Crippen LogP contribution in [0.2, 0.25) is 0 Å². The van der Waals surface area contributed by atoms with E-state index in [9.17, 15) is 9.59 Å². The number of hydrogen-bond acceptors (Lipinski definition) is 5. The number of esters is 2. The lowest BCUT2D eigenvalue weighted by atomic mass is 10.00. The van der Waals surface area contributed by atoms with Gasteiger partial charge in [0.25, 0.3) is 5.79 Å². The van der Waals surface area contributed by atoms with Gasteiger partial charge in [-0.2, -0.15) is 0 Å². The average Bonchev–Trinajstić information content (AvgIpc) is 2.65. The highest BCUT2D eigenvalue weighted by atomic mass is 16.7. The smallest absolute Gasteiger partial charge is 0.348 e. The van der Waals surface area contributed by atoms with Gasteiger partial charge in [0.1, 0.15) is 11.3 Å². The molecule has 1 saturated heterocycles. The van der Waals surface area contributed by atoms with Gasteiger partial charge >= 0.3 is 11.9 Å².